The van der Waals surface area contributed by atoms with Gasteiger partial charge in [-0.1, -0.05) is 24.6 Å². The highest BCUT2D eigenvalue weighted by atomic mass is 14.8. The van der Waals surface area contributed by atoms with Gasteiger partial charge in [-0.25, -0.2) is 0 Å². The second-order valence-electron chi connectivity index (χ2n) is 4.28. The topological polar surface area (TPSA) is 24.4 Å². The second kappa shape index (κ2) is 6.89. The number of rotatable bonds is 5. The molecule has 0 unspecified atom stereocenters. The van der Waals surface area contributed by atoms with E-state index in [0.29, 0.717) is 0 Å². The van der Waals surface area contributed by atoms with Crippen LogP contribution in [-0.2, 0) is 0 Å². The van der Waals surface area contributed by atoms with E-state index in [-0.39, 0.29) is 0 Å². The zero-order chi connectivity index (χ0) is 12.7. The Kier molecular flexibility index (Phi) is 5.47. The summed E-state index contributed by atoms with van der Waals surface area (Å²) < 4.78 is 0. The Morgan fingerprint density at radius 1 is 1.24 bits per heavy atom. The minimum absolute atomic E-state index is 0.894. The van der Waals surface area contributed by atoms with E-state index >= 15 is 0 Å². The lowest BCUT2D eigenvalue weighted by molar-refractivity contribution is 0.938. The number of nitrogens with zero attached hydrogens (tertiary/aromatic N) is 1. The maximum atomic E-state index is 4.43. The molecule has 1 aromatic carbocycles. The van der Waals surface area contributed by atoms with Crippen molar-refractivity contribution in [2.24, 2.45) is 4.99 Å². The first-order valence-electron chi connectivity index (χ1n) is 6.14. The Morgan fingerprint density at radius 3 is 2.35 bits per heavy atom. The van der Waals surface area contributed by atoms with Crippen molar-refractivity contribution in [1.82, 2.24) is 0 Å². The first-order valence-corrected chi connectivity index (χ1v) is 6.14. The van der Waals surface area contributed by atoms with Crippen molar-refractivity contribution in [3.8, 4) is 0 Å². The first kappa shape index (κ1) is 13.5. The molecule has 2 nitrogen and oxygen atoms in total. The van der Waals surface area contributed by atoms with Gasteiger partial charge in [0.2, 0.25) is 0 Å². The molecule has 1 N–H and O–H groups in total. The maximum Gasteiger partial charge on any atom is 0.0386 e. The molecular formula is C15H22N2. The molecular weight excluding hydrogens is 208 g/mol. The van der Waals surface area contributed by atoms with Gasteiger partial charge in [0, 0.05) is 25.5 Å². The number of hydrogen-bond donors (Lipinski definition) is 1. The molecule has 0 amide bonds. The van der Waals surface area contributed by atoms with Crippen molar-refractivity contribution in [3.63, 3.8) is 0 Å². The predicted molar refractivity (Wildman–Crippen MR) is 77.9 cm³/mol. The molecule has 2 heteroatoms. The van der Waals surface area contributed by atoms with Gasteiger partial charge in [-0.3, -0.25) is 4.99 Å². The van der Waals surface area contributed by atoms with Gasteiger partial charge in [-0.05, 0) is 43.5 Å². The molecule has 0 aliphatic rings. The number of aliphatic imine (C=N–C) groups is 1. The highest BCUT2D eigenvalue weighted by molar-refractivity contribution is 6.10. The van der Waals surface area contributed by atoms with Crippen LogP contribution in [0.5, 0.6) is 0 Å². The molecule has 0 atom stereocenters. The van der Waals surface area contributed by atoms with E-state index in [1.54, 1.807) is 0 Å². The summed E-state index contributed by atoms with van der Waals surface area (Å²) in [6, 6.07) is 8.44. The highest BCUT2D eigenvalue weighted by Crippen LogP contribution is 2.19. The fourth-order valence-electron chi connectivity index (χ4n) is 1.59. The zero-order valence-electron chi connectivity index (χ0n) is 11.2. The smallest absolute Gasteiger partial charge is 0.0386 e. The van der Waals surface area contributed by atoms with Crippen LogP contribution in [0.25, 0.3) is 5.57 Å². The van der Waals surface area contributed by atoms with Crippen LogP contribution in [0.1, 0.15) is 32.8 Å². The standard InChI is InChI=1S/C15H22N2/c1-5-10-17-11-15(12(2)3)13-6-8-14(16-4)9-7-13/h6-9,11,16H,5,10H2,1-4H3. The zero-order valence-corrected chi connectivity index (χ0v) is 11.2. The minimum Gasteiger partial charge on any atom is -0.388 e. The minimum atomic E-state index is 0.894. The van der Waals surface area contributed by atoms with Crippen LogP contribution >= 0.6 is 0 Å². The van der Waals surface area contributed by atoms with Crippen molar-refractivity contribution in [1.29, 1.82) is 0 Å². The van der Waals surface area contributed by atoms with Crippen LogP contribution in [0.3, 0.4) is 0 Å². The largest absolute Gasteiger partial charge is 0.388 e. The second-order valence-corrected chi connectivity index (χ2v) is 4.28. The van der Waals surface area contributed by atoms with E-state index in [1.807, 2.05) is 13.3 Å². The van der Waals surface area contributed by atoms with Gasteiger partial charge < -0.3 is 5.32 Å². The fourth-order valence-corrected chi connectivity index (χ4v) is 1.59. The van der Waals surface area contributed by atoms with Crippen LogP contribution in [-0.4, -0.2) is 19.8 Å². The number of allylic oxidation sites excluding steroid dienone is 2. The summed E-state index contributed by atoms with van der Waals surface area (Å²) in [5.74, 6) is 0. The van der Waals surface area contributed by atoms with E-state index in [0.717, 1.165) is 18.7 Å². The molecule has 0 saturated heterocycles. The quantitative estimate of drug-likeness (QED) is 0.760. The third-order valence-corrected chi connectivity index (χ3v) is 2.60. The molecule has 17 heavy (non-hydrogen) atoms. The van der Waals surface area contributed by atoms with E-state index in [1.165, 1.54) is 16.7 Å². The Bertz CT molecular complexity index is 395. The summed E-state index contributed by atoms with van der Waals surface area (Å²) in [4.78, 5) is 4.43. The van der Waals surface area contributed by atoms with Gasteiger partial charge in [-0.15, -0.1) is 0 Å². The molecule has 0 aliphatic heterocycles. The number of hydrogen-bond acceptors (Lipinski definition) is 2. The Balaban J connectivity index is 2.95. The van der Waals surface area contributed by atoms with Crippen molar-refractivity contribution < 1.29 is 0 Å². The molecule has 1 aromatic rings. The molecule has 0 saturated carbocycles. The molecule has 1 rings (SSSR count). The summed E-state index contributed by atoms with van der Waals surface area (Å²) in [7, 11) is 1.93. The fraction of sp³-hybridized carbons (Fsp3) is 0.400. The van der Waals surface area contributed by atoms with Gasteiger partial charge >= 0.3 is 0 Å². The molecule has 0 spiro atoms. The number of nitrogens with one attached hydrogen (secondary N) is 1. The lowest BCUT2D eigenvalue weighted by atomic mass is 10.0. The van der Waals surface area contributed by atoms with Gasteiger partial charge in [0.1, 0.15) is 0 Å². The molecule has 0 bridgehead atoms. The SMILES string of the molecule is CCCN=CC(=C(C)C)c1ccc(NC)cc1. The molecule has 0 aliphatic carbocycles. The van der Waals surface area contributed by atoms with E-state index in [9.17, 15) is 0 Å². The Hall–Kier alpha value is -1.57. The van der Waals surface area contributed by atoms with Crippen molar-refractivity contribution in [2.75, 3.05) is 18.9 Å². The van der Waals surface area contributed by atoms with Crippen molar-refractivity contribution in [2.45, 2.75) is 27.2 Å². The third kappa shape index (κ3) is 4.06. The molecule has 0 heterocycles. The molecule has 0 fully saturated rings. The molecule has 92 valence electrons. The normalized spacial score (nSPS) is 10.6. The van der Waals surface area contributed by atoms with E-state index < -0.39 is 0 Å². The van der Waals surface area contributed by atoms with E-state index in [2.05, 4.69) is 55.3 Å². The lowest BCUT2D eigenvalue weighted by Crippen LogP contribution is -1.92. The van der Waals surface area contributed by atoms with Crippen molar-refractivity contribution in [3.05, 3.63) is 35.4 Å². The predicted octanol–water partition coefficient (Wildman–Crippen LogP) is 4.00. The molecule has 0 aromatic heterocycles. The van der Waals surface area contributed by atoms with Crippen LogP contribution in [0.4, 0.5) is 5.69 Å². The Morgan fingerprint density at radius 2 is 1.88 bits per heavy atom. The lowest BCUT2D eigenvalue weighted by Gasteiger charge is -2.06. The number of anilines is 1. The maximum absolute atomic E-state index is 4.43. The van der Waals surface area contributed by atoms with Crippen LogP contribution in [0.2, 0.25) is 0 Å². The highest BCUT2D eigenvalue weighted by Gasteiger charge is 2.00. The first-order chi connectivity index (χ1) is 8.19. The molecule has 0 radical (unpaired) electrons. The van der Waals surface area contributed by atoms with Gasteiger partial charge in [0.05, 0.1) is 0 Å². The summed E-state index contributed by atoms with van der Waals surface area (Å²) in [6.07, 6.45) is 3.08. The Labute approximate surface area is 104 Å². The third-order valence-electron chi connectivity index (χ3n) is 2.60. The number of benzene rings is 1. The van der Waals surface area contributed by atoms with Crippen molar-refractivity contribution >= 4 is 17.5 Å². The average Bonchev–Trinajstić information content (AvgIpc) is 2.34. The van der Waals surface area contributed by atoms with E-state index in [4.69, 9.17) is 0 Å². The summed E-state index contributed by atoms with van der Waals surface area (Å²) in [6.45, 7) is 7.28. The van der Waals surface area contributed by atoms with Gasteiger partial charge in [-0.2, -0.15) is 0 Å². The summed E-state index contributed by atoms with van der Waals surface area (Å²) in [5, 5.41) is 3.12. The monoisotopic (exact) mass is 230 g/mol. The van der Waals surface area contributed by atoms with Crippen LogP contribution < -0.4 is 5.32 Å². The summed E-state index contributed by atoms with van der Waals surface area (Å²) >= 11 is 0. The van der Waals surface area contributed by atoms with Gasteiger partial charge in [0.25, 0.3) is 0 Å². The van der Waals surface area contributed by atoms with Gasteiger partial charge in [0.15, 0.2) is 0 Å². The summed E-state index contributed by atoms with van der Waals surface area (Å²) in [5.41, 5.74) is 4.87. The van der Waals surface area contributed by atoms with Crippen LogP contribution in [0, 0.1) is 0 Å². The average molecular weight is 230 g/mol. The van der Waals surface area contributed by atoms with Crippen LogP contribution in [0.15, 0.2) is 34.8 Å².